The second-order valence-corrected chi connectivity index (χ2v) is 10.5. The van der Waals surface area contributed by atoms with Crippen molar-refractivity contribution in [2.45, 2.75) is 38.5 Å². The van der Waals surface area contributed by atoms with Crippen LogP contribution in [0.2, 0.25) is 0 Å². The second-order valence-electron chi connectivity index (χ2n) is 8.71. The number of H-pyrrole nitrogens is 1. The molecule has 0 aliphatic carbocycles. The van der Waals surface area contributed by atoms with Crippen LogP contribution in [0.3, 0.4) is 0 Å². The first-order chi connectivity index (χ1) is 18.7. The van der Waals surface area contributed by atoms with Crippen molar-refractivity contribution in [3.63, 3.8) is 0 Å². The van der Waals surface area contributed by atoms with Gasteiger partial charge >= 0.3 is 12.8 Å². The average Bonchev–Trinajstić information content (AvgIpc) is 2.84. The number of nitrogens with one attached hydrogen (secondary N) is 2. The molecular weight excluding hydrogens is 563 g/mol. The Morgan fingerprint density at radius 1 is 0.950 bits per heavy atom. The maximum absolute atomic E-state index is 13.0. The number of hydrogen-bond donors (Lipinski definition) is 2. The van der Waals surface area contributed by atoms with Gasteiger partial charge in [-0.2, -0.15) is 22.0 Å². The second kappa shape index (κ2) is 12.9. The standard InChI is InChI=1S/C26H25F5N2O6S/c1-40(36,37)33-24(35)22-20(16-5-11-19(12-6-16)39-25(27)28)15-21(32-23(22)34)17-7-9-18(10-8-17)38-14-4-2-3-13-26(29,30)31/h5-12,15,25H,2-4,13-14H2,1H3,(H,32,34)(H,33,35). The molecule has 8 nitrogen and oxygen atoms in total. The molecule has 2 N–H and O–H groups in total. The van der Waals surface area contributed by atoms with E-state index < -0.39 is 46.3 Å². The van der Waals surface area contributed by atoms with Gasteiger partial charge in [0.1, 0.15) is 17.1 Å². The highest BCUT2D eigenvalue weighted by Gasteiger charge is 2.26. The number of ether oxygens (including phenoxy) is 2. The van der Waals surface area contributed by atoms with E-state index in [4.69, 9.17) is 4.74 Å². The first kappa shape index (κ1) is 30.6. The van der Waals surface area contributed by atoms with Crippen molar-refractivity contribution in [3.8, 4) is 33.9 Å². The van der Waals surface area contributed by atoms with E-state index in [-0.39, 0.29) is 35.6 Å². The van der Waals surface area contributed by atoms with Crippen molar-refractivity contribution in [2.75, 3.05) is 12.9 Å². The third-order valence-corrected chi connectivity index (χ3v) is 6.02. The van der Waals surface area contributed by atoms with Gasteiger partial charge < -0.3 is 14.5 Å². The molecule has 0 saturated carbocycles. The molecular formula is C26H25F5N2O6S. The largest absolute Gasteiger partial charge is 0.494 e. The highest BCUT2D eigenvalue weighted by Crippen LogP contribution is 2.29. The number of halogens is 5. The molecule has 0 fully saturated rings. The number of pyridine rings is 1. The number of hydrogen-bond acceptors (Lipinski definition) is 6. The first-order valence-electron chi connectivity index (χ1n) is 11.9. The summed E-state index contributed by atoms with van der Waals surface area (Å²) in [6.45, 7) is -2.84. The molecule has 1 aromatic heterocycles. The zero-order valence-corrected chi connectivity index (χ0v) is 21.9. The van der Waals surface area contributed by atoms with Gasteiger partial charge in [-0.05, 0) is 72.9 Å². The topological polar surface area (TPSA) is 115 Å². The normalized spacial score (nSPS) is 11.9. The molecule has 0 atom stereocenters. The SMILES string of the molecule is CS(=O)(=O)NC(=O)c1c(-c2ccc(OC(F)F)cc2)cc(-c2ccc(OCCCCCC(F)(F)F)cc2)[nH]c1=O. The number of aromatic amines is 1. The van der Waals surface area contributed by atoms with Crippen molar-refractivity contribution in [1.82, 2.24) is 9.71 Å². The molecule has 0 aliphatic rings. The smallest absolute Gasteiger partial charge is 0.389 e. The van der Waals surface area contributed by atoms with Crippen molar-refractivity contribution < 1.29 is 44.6 Å². The number of benzene rings is 2. The highest BCUT2D eigenvalue weighted by atomic mass is 32.2. The molecule has 3 aromatic rings. The molecule has 216 valence electrons. The lowest BCUT2D eigenvalue weighted by molar-refractivity contribution is -0.135. The summed E-state index contributed by atoms with van der Waals surface area (Å²) in [5.74, 6) is -0.903. The van der Waals surface area contributed by atoms with Gasteiger partial charge in [0.25, 0.3) is 11.5 Å². The lowest BCUT2D eigenvalue weighted by atomic mass is 9.98. The number of sulfonamides is 1. The Kier molecular flexibility index (Phi) is 9.90. The third-order valence-electron chi connectivity index (χ3n) is 5.47. The molecule has 0 radical (unpaired) electrons. The zero-order chi connectivity index (χ0) is 29.5. The Hall–Kier alpha value is -3.94. The lowest BCUT2D eigenvalue weighted by Crippen LogP contribution is -2.34. The van der Waals surface area contributed by atoms with Crippen LogP contribution in [0.15, 0.2) is 59.4 Å². The van der Waals surface area contributed by atoms with Crippen LogP contribution < -0.4 is 19.8 Å². The predicted octanol–water partition coefficient (Wildman–Crippen LogP) is 5.50. The molecule has 0 aliphatic heterocycles. The van der Waals surface area contributed by atoms with Gasteiger partial charge in [0.2, 0.25) is 10.0 Å². The fourth-order valence-corrected chi connectivity index (χ4v) is 4.17. The summed E-state index contributed by atoms with van der Waals surface area (Å²) in [6, 6.07) is 12.9. The van der Waals surface area contributed by atoms with Crippen LogP contribution in [0, 0.1) is 0 Å². The molecule has 0 saturated heterocycles. The van der Waals surface area contributed by atoms with E-state index in [0.29, 0.717) is 24.2 Å². The number of carbonyl (C=O) groups is 1. The number of alkyl halides is 5. The van der Waals surface area contributed by atoms with Crippen molar-refractivity contribution >= 4 is 15.9 Å². The number of rotatable bonds is 12. The summed E-state index contributed by atoms with van der Waals surface area (Å²) in [5.41, 5.74) is -0.394. The van der Waals surface area contributed by atoms with E-state index in [1.165, 1.54) is 30.3 Å². The van der Waals surface area contributed by atoms with Crippen molar-refractivity contribution in [2.24, 2.45) is 0 Å². The maximum Gasteiger partial charge on any atom is 0.389 e. The van der Waals surface area contributed by atoms with Gasteiger partial charge in [0.05, 0.1) is 12.9 Å². The molecule has 3 rings (SSSR count). The number of aromatic nitrogens is 1. The van der Waals surface area contributed by atoms with E-state index in [0.717, 1.165) is 6.26 Å². The van der Waals surface area contributed by atoms with Gasteiger partial charge in [-0.25, -0.2) is 13.1 Å². The van der Waals surface area contributed by atoms with Crippen molar-refractivity contribution in [3.05, 3.63) is 70.5 Å². The summed E-state index contributed by atoms with van der Waals surface area (Å²) in [6.07, 6.45) is -3.47. The van der Waals surface area contributed by atoms with Crippen LogP contribution >= 0.6 is 0 Å². The van der Waals surface area contributed by atoms with Gasteiger partial charge in [-0.15, -0.1) is 0 Å². The lowest BCUT2D eigenvalue weighted by Gasteiger charge is -2.13. The summed E-state index contributed by atoms with van der Waals surface area (Å²) in [5, 5.41) is 0. The summed E-state index contributed by atoms with van der Waals surface area (Å²) in [4.78, 5) is 28.2. The maximum atomic E-state index is 13.0. The minimum absolute atomic E-state index is 0.0155. The molecule has 0 bridgehead atoms. The highest BCUT2D eigenvalue weighted by molar-refractivity contribution is 7.89. The van der Waals surface area contributed by atoms with Crippen LogP contribution in [0.4, 0.5) is 22.0 Å². The fourth-order valence-electron chi connectivity index (χ4n) is 3.73. The molecule has 0 unspecified atom stereocenters. The van der Waals surface area contributed by atoms with E-state index >= 15 is 0 Å². The van der Waals surface area contributed by atoms with Crippen LogP contribution in [0.1, 0.15) is 36.0 Å². The Bertz CT molecular complexity index is 1470. The Balaban J connectivity index is 1.85. The summed E-state index contributed by atoms with van der Waals surface area (Å²) in [7, 11) is -4.01. The van der Waals surface area contributed by atoms with Gasteiger partial charge in [0.15, 0.2) is 0 Å². The number of unbranched alkanes of at least 4 members (excludes halogenated alkanes) is 2. The molecule has 1 amide bonds. The van der Waals surface area contributed by atoms with Gasteiger partial charge in [-0.1, -0.05) is 12.1 Å². The van der Waals surface area contributed by atoms with Gasteiger partial charge in [-0.3, -0.25) is 9.59 Å². The van der Waals surface area contributed by atoms with Crippen LogP contribution in [0.25, 0.3) is 22.4 Å². The summed E-state index contributed by atoms with van der Waals surface area (Å²) >= 11 is 0. The monoisotopic (exact) mass is 588 g/mol. The predicted molar refractivity (Wildman–Crippen MR) is 137 cm³/mol. The minimum Gasteiger partial charge on any atom is -0.494 e. The Morgan fingerprint density at radius 3 is 2.12 bits per heavy atom. The van der Waals surface area contributed by atoms with E-state index in [2.05, 4.69) is 9.72 Å². The van der Waals surface area contributed by atoms with Crippen LogP contribution in [-0.2, 0) is 10.0 Å². The number of amides is 1. The van der Waals surface area contributed by atoms with E-state index in [1.807, 2.05) is 0 Å². The van der Waals surface area contributed by atoms with Crippen LogP contribution in [-0.4, -0.2) is 45.0 Å². The first-order valence-corrected chi connectivity index (χ1v) is 13.8. The van der Waals surface area contributed by atoms with Gasteiger partial charge in [0, 0.05) is 17.7 Å². The van der Waals surface area contributed by atoms with Crippen molar-refractivity contribution in [1.29, 1.82) is 0 Å². The average molecular weight is 589 g/mol. The van der Waals surface area contributed by atoms with E-state index in [1.54, 1.807) is 29.0 Å². The summed E-state index contributed by atoms with van der Waals surface area (Å²) < 4.78 is 96.5. The molecule has 1 heterocycles. The van der Waals surface area contributed by atoms with Crippen LogP contribution in [0.5, 0.6) is 11.5 Å². The van der Waals surface area contributed by atoms with E-state index in [9.17, 15) is 40.0 Å². The Labute approximate surface area is 226 Å². The minimum atomic E-state index is -4.18. The molecule has 40 heavy (non-hydrogen) atoms. The third kappa shape index (κ3) is 9.36. The number of carbonyl (C=O) groups excluding carboxylic acids is 1. The molecule has 14 heteroatoms. The Morgan fingerprint density at radius 2 is 1.55 bits per heavy atom. The quantitative estimate of drug-likeness (QED) is 0.213. The molecule has 2 aromatic carbocycles. The fraction of sp³-hybridized carbons (Fsp3) is 0.308. The molecule has 0 spiro atoms. The zero-order valence-electron chi connectivity index (χ0n) is 21.1.